The molecule has 3 nitrogen and oxygen atoms in total. The zero-order valence-electron chi connectivity index (χ0n) is 6.04. The van der Waals surface area contributed by atoms with Crippen molar-refractivity contribution in [1.82, 2.24) is 0 Å². The van der Waals surface area contributed by atoms with Gasteiger partial charge in [-0.3, -0.25) is 0 Å². The van der Waals surface area contributed by atoms with E-state index in [4.69, 9.17) is 4.74 Å². The number of hydrogen-bond donors (Lipinski definition) is 0. The van der Waals surface area contributed by atoms with E-state index >= 15 is 0 Å². The van der Waals surface area contributed by atoms with Gasteiger partial charge in [0.2, 0.25) is 6.79 Å². The Labute approximate surface area is 77.4 Å². The Balaban J connectivity index is 2.53. The van der Waals surface area contributed by atoms with Crippen LogP contribution in [0.25, 0.3) is 0 Å². The van der Waals surface area contributed by atoms with Crippen molar-refractivity contribution in [2.75, 3.05) is 6.79 Å². The molecule has 0 unspecified atom stereocenters. The first kappa shape index (κ1) is 7.61. The molecule has 1 heterocycles. The van der Waals surface area contributed by atoms with E-state index in [0.717, 1.165) is 4.47 Å². The maximum absolute atomic E-state index is 11.1. The summed E-state index contributed by atoms with van der Waals surface area (Å²) in [5.41, 5.74) is 0.476. The van der Waals surface area contributed by atoms with Crippen LogP contribution in [0.15, 0.2) is 22.7 Å². The third-order valence-electron chi connectivity index (χ3n) is 1.57. The first-order valence-electron chi connectivity index (χ1n) is 3.37. The summed E-state index contributed by atoms with van der Waals surface area (Å²) in [6.45, 7) is 0.00227. The van der Waals surface area contributed by atoms with E-state index in [1.54, 1.807) is 18.2 Å². The minimum absolute atomic E-state index is 0.00227. The molecule has 0 atom stereocenters. The summed E-state index contributed by atoms with van der Waals surface area (Å²) in [6.07, 6.45) is 0. The standard InChI is InChI=1S/C8H5BrO3/c9-5-1-2-6-7(3-5)11-4-12-8(6)10/h1-3H,4H2. The van der Waals surface area contributed by atoms with Gasteiger partial charge in [-0.05, 0) is 18.2 Å². The highest BCUT2D eigenvalue weighted by atomic mass is 79.9. The van der Waals surface area contributed by atoms with E-state index < -0.39 is 0 Å². The number of cyclic esters (lactones) is 1. The van der Waals surface area contributed by atoms with Gasteiger partial charge in [0, 0.05) is 4.47 Å². The van der Waals surface area contributed by atoms with Crippen LogP contribution in [0, 0.1) is 0 Å². The second-order valence-electron chi connectivity index (χ2n) is 2.33. The highest BCUT2D eigenvalue weighted by molar-refractivity contribution is 9.10. The highest BCUT2D eigenvalue weighted by Gasteiger charge is 2.19. The fourth-order valence-corrected chi connectivity index (χ4v) is 1.35. The third kappa shape index (κ3) is 1.18. The lowest BCUT2D eigenvalue weighted by molar-refractivity contribution is 0.00489. The van der Waals surface area contributed by atoms with E-state index in [2.05, 4.69) is 20.7 Å². The number of benzene rings is 1. The molecular weight excluding hydrogens is 224 g/mol. The minimum Gasteiger partial charge on any atom is -0.456 e. The number of fused-ring (bicyclic) bond motifs is 1. The Morgan fingerprint density at radius 2 is 2.17 bits per heavy atom. The summed E-state index contributed by atoms with van der Waals surface area (Å²) in [4.78, 5) is 11.1. The van der Waals surface area contributed by atoms with E-state index in [0.29, 0.717) is 11.3 Å². The van der Waals surface area contributed by atoms with Crippen molar-refractivity contribution in [3.05, 3.63) is 28.2 Å². The molecule has 0 amide bonds. The second kappa shape index (κ2) is 2.79. The summed E-state index contributed by atoms with van der Waals surface area (Å²) in [5.74, 6) is 0.240. The van der Waals surface area contributed by atoms with Gasteiger partial charge in [0.1, 0.15) is 11.3 Å². The lowest BCUT2D eigenvalue weighted by Gasteiger charge is -2.16. The van der Waals surface area contributed by atoms with Crippen LogP contribution in [0.2, 0.25) is 0 Å². The molecule has 0 aliphatic carbocycles. The molecule has 2 rings (SSSR count). The van der Waals surface area contributed by atoms with Crippen LogP contribution in [0.4, 0.5) is 0 Å². The molecule has 0 N–H and O–H groups in total. The van der Waals surface area contributed by atoms with Crippen molar-refractivity contribution in [3.8, 4) is 5.75 Å². The van der Waals surface area contributed by atoms with Gasteiger partial charge in [0.15, 0.2) is 0 Å². The average Bonchev–Trinajstić information content (AvgIpc) is 2.04. The van der Waals surface area contributed by atoms with Crippen molar-refractivity contribution < 1.29 is 14.3 Å². The van der Waals surface area contributed by atoms with Crippen molar-refractivity contribution in [2.45, 2.75) is 0 Å². The average molecular weight is 229 g/mol. The number of rotatable bonds is 0. The van der Waals surface area contributed by atoms with Crippen LogP contribution >= 0.6 is 15.9 Å². The smallest absolute Gasteiger partial charge is 0.344 e. The molecule has 4 heteroatoms. The largest absolute Gasteiger partial charge is 0.456 e. The van der Waals surface area contributed by atoms with Crippen LogP contribution in [0.3, 0.4) is 0 Å². The maximum atomic E-state index is 11.1. The van der Waals surface area contributed by atoms with Gasteiger partial charge in [-0.25, -0.2) is 4.79 Å². The Hall–Kier alpha value is -1.03. The van der Waals surface area contributed by atoms with Gasteiger partial charge in [-0.15, -0.1) is 0 Å². The van der Waals surface area contributed by atoms with Crippen molar-refractivity contribution in [1.29, 1.82) is 0 Å². The normalized spacial score (nSPS) is 14.6. The van der Waals surface area contributed by atoms with Crippen molar-refractivity contribution in [3.63, 3.8) is 0 Å². The topological polar surface area (TPSA) is 35.5 Å². The molecule has 0 aromatic heterocycles. The number of hydrogen-bond acceptors (Lipinski definition) is 3. The summed E-state index contributed by atoms with van der Waals surface area (Å²) in [7, 11) is 0. The summed E-state index contributed by atoms with van der Waals surface area (Å²) >= 11 is 3.28. The zero-order chi connectivity index (χ0) is 8.55. The monoisotopic (exact) mass is 228 g/mol. The van der Waals surface area contributed by atoms with Gasteiger partial charge in [-0.1, -0.05) is 15.9 Å². The molecule has 62 valence electrons. The van der Waals surface area contributed by atoms with Gasteiger partial charge in [-0.2, -0.15) is 0 Å². The molecular formula is C8H5BrO3. The number of carbonyl (C=O) groups is 1. The van der Waals surface area contributed by atoms with Gasteiger partial charge >= 0.3 is 5.97 Å². The zero-order valence-corrected chi connectivity index (χ0v) is 7.63. The number of ether oxygens (including phenoxy) is 2. The molecule has 0 saturated carbocycles. The second-order valence-corrected chi connectivity index (χ2v) is 3.25. The number of esters is 1. The molecule has 0 radical (unpaired) electrons. The minimum atomic E-state index is -0.330. The van der Waals surface area contributed by atoms with Crippen LogP contribution in [0.1, 0.15) is 10.4 Å². The van der Waals surface area contributed by atoms with Gasteiger partial charge in [0.25, 0.3) is 0 Å². The Bertz CT molecular complexity index is 335. The summed E-state index contributed by atoms with van der Waals surface area (Å²) < 4.78 is 10.7. The first-order valence-corrected chi connectivity index (χ1v) is 4.16. The lowest BCUT2D eigenvalue weighted by Crippen LogP contribution is -2.18. The lowest BCUT2D eigenvalue weighted by atomic mass is 10.2. The molecule has 1 aromatic carbocycles. The predicted octanol–water partition coefficient (Wildman–Crippen LogP) is 1.96. The Kier molecular flexibility index (Phi) is 1.77. The fourth-order valence-electron chi connectivity index (χ4n) is 1.01. The van der Waals surface area contributed by atoms with Crippen molar-refractivity contribution >= 4 is 21.9 Å². The van der Waals surface area contributed by atoms with Crippen molar-refractivity contribution in [2.24, 2.45) is 0 Å². The molecule has 0 bridgehead atoms. The molecule has 12 heavy (non-hydrogen) atoms. The van der Waals surface area contributed by atoms with Gasteiger partial charge < -0.3 is 9.47 Å². The number of carbonyl (C=O) groups excluding carboxylic acids is 1. The van der Waals surface area contributed by atoms with Crippen LogP contribution in [-0.2, 0) is 4.74 Å². The highest BCUT2D eigenvalue weighted by Crippen LogP contribution is 2.26. The van der Waals surface area contributed by atoms with Crippen LogP contribution in [0.5, 0.6) is 5.75 Å². The molecule has 1 aliphatic heterocycles. The Morgan fingerprint density at radius 1 is 1.33 bits per heavy atom. The first-order chi connectivity index (χ1) is 5.77. The summed E-state index contributed by atoms with van der Waals surface area (Å²) in [6, 6.07) is 5.19. The summed E-state index contributed by atoms with van der Waals surface area (Å²) in [5, 5.41) is 0. The third-order valence-corrected chi connectivity index (χ3v) is 2.06. The molecule has 0 saturated heterocycles. The molecule has 1 aliphatic rings. The van der Waals surface area contributed by atoms with E-state index in [1.807, 2.05) is 0 Å². The molecule has 1 aromatic rings. The quantitative estimate of drug-likeness (QED) is 0.638. The van der Waals surface area contributed by atoms with E-state index in [1.165, 1.54) is 0 Å². The predicted molar refractivity (Wildman–Crippen MR) is 45.1 cm³/mol. The maximum Gasteiger partial charge on any atom is 0.344 e. The van der Waals surface area contributed by atoms with Gasteiger partial charge in [0.05, 0.1) is 0 Å². The van der Waals surface area contributed by atoms with Crippen LogP contribution < -0.4 is 4.74 Å². The van der Waals surface area contributed by atoms with Crippen LogP contribution in [-0.4, -0.2) is 12.8 Å². The fraction of sp³-hybridized carbons (Fsp3) is 0.125. The molecule has 0 fully saturated rings. The Morgan fingerprint density at radius 3 is 3.00 bits per heavy atom. The molecule has 0 spiro atoms. The number of halogens is 1. The van der Waals surface area contributed by atoms with E-state index in [-0.39, 0.29) is 12.8 Å². The SMILES string of the molecule is O=C1OCOc2cc(Br)ccc21. The van der Waals surface area contributed by atoms with E-state index in [9.17, 15) is 4.79 Å².